The second-order valence-electron chi connectivity index (χ2n) is 4.78. The minimum atomic E-state index is 0.528. The highest BCUT2D eigenvalue weighted by molar-refractivity contribution is 6.17. The van der Waals surface area contributed by atoms with E-state index in [2.05, 4.69) is 27.5 Å². The molecule has 0 aromatic carbocycles. The molecule has 17 heavy (non-hydrogen) atoms. The van der Waals surface area contributed by atoms with E-state index >= 15 is 0 Å². The SMILES string of the molecule is CC(C1CC1)n1c(CCCl)nc2cnccc21. The summed E-state index contributed by atoms with van der Waals surface area (Å²) in [5.41, 5.74) is 2.18. The molecular weight excluding hydrogens is 234 g/mol. The first-order valence-electron chi connectivity index (χ1n) is 6.18. The van der Waals surface area contributed by atoms with Gasteiger partial charge in [-0.2, -0.15) is 0 Å². The van der Waals surface area contributed by atoms with Crippen molar-refractivity contribution < 1.29 is 0 Å². The van der Waals surface area contributed by atoms with Crippen molar-refractivity contribution in [3.63, 3.8) is 0 Å². The third-order valence-corrected chi connectivity index (χ3v) is 3.78. The maximum Gasteiger partial charge on any atom is 0.111 e. The lowest BCUT2D eigenvalue weighted by Crippen LogP contribution is -2.11. The highest BCUT2D eigenvalue weighted by atomic mass is 35.5. The summed E-state index contributed by atoms with van der Waals surface area (Å²) in [4.78, 5) is 8.79. The summed E-state index contributed by atoms with van der Waals surface area (Å²) in [5.74, 6) is 2.53. The first-order valence-corrected chi connectivity index (χ1v) is 6.71. The minimum Gasteiger partial charge on any atom is -0.325 e. The Morgan fingerprint density at radius 2 is 2.35 bits per heavy atom. The number of pyridine rings is 1. The van der Waals surface area contributed by atoms with Gasteiger partial charge < -0.3 is 4.57 Å². The van der Waals surface area contributed by atoms with Crippen LogP contribution in [0.1, 0.15) is 31.6 Å². The van der Waals surface area contributed by atoms with Crippen molar-refractivity contribution in [2.24, 2.45) is 5.92 Å². The molecule has 1 aliphatic carbocycles. The van der Waals surface area contributed by atoms with Crippen molar-refractivity contribution in [2.45, 2.75) is 32.2 Å². The van der Waals surface area contributed by atoms with E-state index in [9.17, 15) is 0 Å². The predicted molar refractivity (Wildman–Crippen MR) is 69.4 cm³/mol. The van der Waals surface area contributed by atoms with E-state index < -0.39 is 0 Å². The van der Waals surface area contributed by atoms with Crippen LogP contribution in [-0.4, -0.2) is 20.4 Å². The fourth-order valence-corrected chi connectivity index (χ4v) is 2.67. The van der Waals surface area contributed by atoms with Crippen LogP contribution in [0.15, 0.2) is 18.5 Å². The molecule has 0 spiro atoms. The normalized spacial score (nSPS) is 17.5. The fourth-order valence-electron chi connectivity index (χ4n) is 2.51. The van der Waals surface area contributed by atoms with Gasteiger partial charge in [0.2, 0.25) is 0 Å². The summed E-state index contributed by atoms with van der Waals surface area (Å²) < 4.78 is 2.36. The van der Waals surface area contributed by atoms with Crippen molar-refractivity contribution in [2.75, 3.05) is 5.88 Å². The zero-order valence-corrected chi connectivity index (χ0v) is 10.7. The highest BCUT2D eigenvalue weighted by Crippen LogP contribution is 2.41. The van der Waals surface area contributed by atoms with E-state index in [1.54, 1.807) is 0 Å². The standard InChI is InChI=1S/C13H16ClN3/c1-9(10-2-3-10)17-12-5-7-15-8-11(12)16-13(17)4-6-14/h5,7-10H,2-4,6H2,1H3. The Balaban J connectivity index is 2.13. The molecule has 1 unspecified atom stereocenters. The van der Waals surface area contributed by atoms with Crippen molar-refractivity contribution in [1.29, 1.82) is 0 Å². The maximum absolute atomic E-state index is 5.87. The Labute approximate surface area is 106 Å². The van der Waals surface area contributed by atoms with Gasteiger partial charge in [0.25, 0.3) is 0 Å². The van der Waals surface area contributed by atoms with Crippen molar-refractivity contribution >= 4 is 22.6 Å². The minimum absolute atomic E-state index is 0.528. The maximum atomic E-state index is 5.87. The van der Waals surface area contributed by atoms with Crippen molar-refractivity contribution in [3.8, 4) is 0 Å². The summed E-state index contributed by atoms with van der Waals surface area (Å²) in [6.07, 6.45) is 7.18. The average molecular weight is 250 g/mol. The summed E-state index contributed by atoms with van der Waals surface area (Å²) in [7, 11) is 0. The molecule has 0 amide bonds. The van der Waals surface area contributed by atoms with Crippen molar-refractivity contribution in [1.82, 2.24) is 14.5 Å². The quantitative estimate of drug-likeness (QED) is 0.780. The molecule has 2 aromatic rings. The first kappa shape index (κ1) is 11.0. The van der Waals surface area contributed by atoms with Crippen LogP contribution in [0.3, 0.4) is 0 Å². The Kier molecular flexibility index (Phi) is 2.79. The van der Waals surface area contributed by atoms with Gasteiger partial charge in [-0.3, -0.25) is 4.98 Å². The van der Waals surface area contributed by atoms with E-state index in [0.29, 0.717) is 11.9 Å². The molecule has 0 saturated heterocycles. The topological polar surface area (TPSA) is 30.7 Å². The third-order valence-electron chi connectivity index (χ3n) is 3.59. The number of fused-ring (bicyclic) bond motifs is 1. The van der Waals surface area contributed by atoms with E-state index in [4.69, 9.17) is 11.6 Å². The molecule has 1 atom stereocenters. The third kappa shape index (κ3) is 1.93. The molecule has 90 valence electrons. The molecule has 4 heteroatoms. The summed E-state index contributed by atoms with van der Waals surface area (Å²) in [5, 5.41) is 0. The van der Waals surface area contributed by atoms with Crippen LogP contribution >= 0.6 is 11.6 Å². The van der Waals surface area contributed by atoms with Gasteiger partial charge in [0.1, 0.15) is 11.3 Å². The molecule has 2 heterocycles. The van der Waals surface area contributed by atoms with Gasteiger partial charge in [0, 0.05) is 24.5 Å². The smallest absolute Gasteiger partial charge is 0.111 e. The number of rotatable bonds is 4. The molecule has 0 aliphatic heterocycles. The second-order valence-corrected chi connectivity index (χ2v) is 5.16. The molecule has 3 nitrogen and oxygen atoms in total. The Hall–Kier alpha value is -1.09. The van der Waals surface area contributed by atoms with Crippen LogP contribution in [0, 0.1) is 5.92 Å². The van der Waals surface area contributed by atoms with Crippen LogP contribution in [0.2, 0.25) is 0 Å². The molecule has 0 bridgehead atoms. The molecule has 1 aliphatic rings. The Morgan fingerprint density at radius 1 is 1.53 bits per heavy atom. The fraction of sp³-hybridized carbons (Fsp3) is 0.538. The number of halogens is 1. The van der Waals surface area contributed by atoms with Gasteiger partial charge in [0.15, 0.2) is 0 Å². The largest absolute Gasteiger partial charge is 0.325 e. The predicted octanol–water partition coefficient (Wildman–Crippen LogP) is 3.18. The highest BCUT2D eigenvalue weighted by Gasteiger charge is 2.31. The second kappa shape index (κ2) is 4.30. The summed E-state index contributed by atoms with van der Waals surface area (Å²) >= 11 is 5.87. The van der Waals surface area contributed by atoms with Gasteiger partial charge in [-0.1, -0.05) is 0 Å². The monoisotopic (exact) mass is 249 g/mol. The first-order chi connectivity index (χ1) is 8.31. The summed E-state index contributed by atoms with van der Waals surface area (Å²) in [6.45, 7) is 2.29. The van der Waals surface area contributed by atoms with Gasteiger partial charge in [-0.25, -0.2) is 4.98 Å². The number of hydrogen-bond acceptors (Lipinski definition) is 2. The summed E-state index contributed by atoms with van der Waals surface area (Å²) in [6, 6.07) is 2.58. The van der Waals surface area contributed by atoms with E-state index in [0.717, 1.165) is 23.7 Å². The van der Waals surface area contributed by atoms with Crippen LogP contribution in [0.5, 0.6) is 0 Å². The molecule has 1 fully saturated rings. The lowest BCUT2D eigenvalue weighted by molar-refractivity contribution is 0.482. The molecule has 3 rings (SSSR count). The van der Waals surface area contributed by atoms with Gasteiger partial charge in [0.05, 0.1) is 11.7 Å². The Morgan fingerprint density at radius 3 is 3.06 bits per heavy atom. The van der Waals surface area contributed by atoms with Crippen LogP contribution in [0.4, 0.5) is 0 Å². The number of aromatic nitrogens is 3. The zero-order chi connectivity index (χ0) is 11.8. The average Bonchev–Trinajstić information content (AvgIpc) is 3.11. The lowest BCUT2D eigenvalue weighted by atomic mass is 10.2. The number of alkyl halides is 1. The lowest BCUT2D eigenvalue weighted by Gasteiger charge is -2.16. The number of nitrogens with zero attached hydrogens (tertiary/aromatic N) is 3. The number of imidazole rings is 1. The number of hydrogen-bond donors (Lipinski definition) is 0. The molecule has 1 saturated carbocycles. The van der Waals surface area contributed by atoms with Crippen LogP contribution < -0.4 is 0 Å². The zero-order valence-electron chi connectivity index (χ0n) is 9.93. The number of aryl methyl sites for hydroxylation is 1. The van der Waals surface area contributed by atoms with E-state index in [1.807, 2.05) is 12.4 Å². The Bertz CT molecular complexity index is 530. The van der Waals surface area contributed by atoms with Crippen molar-refractivity contribution in [3.05, 3.63) is 24.3 Å². The van der Waals surface area contributed by atoms with Crippen LogP contribution in [-0.2, 0) is 6.42 Å². The molecular formula is C13H16ClN3. The van der Waals surface area contributed by atoms with Gasteiger partial charge in [-0.05, 0) is 31.7 Å². The molecule has 0 N–H and O–H groups in total. The molecule has 2 aromatic heterocycles. The van der Waals surface area contributed by atoms with Gasteiger partial charge in [-0.15, -0.1) is 11.6 Å². The van der Waals surface area contributed by atoms with Gasteiger partial charge >= 0.3 is 0 Å². The molecule has 0 radical (unpaired) electrons. The van der Waals surface area contributed by atoms with E-state index in [1.165, 1.54) is 18.4 Å². The van der Waals surface area contributed by atoms with Crippen LogP contribution in [0.25, 0.3) is 11.0 Å². The van der Waals surface area contributed by atoms with E-state index in [-0.39, 0.29) is 0 Å².